The second-order valence-corrected chi connectivity index (χ2v) is 4.05. The Morgan fingerprint density at radius 1 is 1.47 bits per heavy atom. The molecule has 0 aliphatic rings. The molecule has 7 heteroatoms. The van der Waals surface area contributed by atoms with E-state index in [4.69, 9.17) is 9.84 Å². The van der Waals surface area contributed by atoms with Crippen molar-refractivity contribution in [2.45, 2.75) is 13.3 Å². The number of H-pyrrole nitrogens is 1. The molecule has 2 rings (SSSR count). The summed E-state index contributed by atoms with van der Waals surface area (Å²) in [6.45, 7) is 2.00. The van der Waals surface area contributed by atoms with Crippen LogP contribution < -0.4 is 5.56 Å². The van der Waals surface area contributed by atoms with Gasteiger partial charge in [0.1, 0.15) is 5.82 Å². The molecule has 2 aromatic heterocycles. The van der Waals surface area contributed by atoms with E-state index >= 15 is 0 Å². The molecule has 0 radical (unpaired) electrons. The molecule has 0 fully saturated rings. The van der Waals surface area contributed by atoms with Crippen molar-refractivity contribution in [1.82, 2.24) is 15.0 Å². The Hall–Kier alpha value is -2.28. The number of hydrogen-bond donors (Lipinski definition) is 2. The largest absolute Gasteiger partial charge is 0.478 e. The normalized spacial score (nSPS) is 10.8. The molecule has 0 saturated carbocycles. The summed E-state index contributed by atoms with van der Waals surface area (Å²) in [4.78, 5) is 33.7. The lowest BCUT2D eigenvalue weighted by molar-refractivity contribution is 0.0696. The van der Waals surface area contributed by atoms with Crippen LogP contribution in [0.3, 0.4) is 0 Å². The number of pyridine rings is 1. The molecule has 0 spiro atoms. The number of aromatic carboxylic acids is 1. The molecule has 0 aromatic carbocycles. The molecule has 100 valence electrons. The summed E-state index contributed by atoms with van der Waals surface area (Å²) in [5.74, 6) is -0.649. The van der Waals surface area contributed by atoms with Crippen molar-refractivity contribution in [3.05, 3.63) is 33.5 Å². The summed E-state index contributed by atoms with van der Waals surface area (Å²) < 4.78 is 4.91. The number of nitrogens with zero attached hydrogens (tertiary/aromatic N) is 2. The van der Waals surface area contributed by atoms with Gasteiger partial charge in [0.15, 0.2) is 5.65 Å². The zero-order valence-electron chi connectivity index (χ0n) is 10.6. The topological polar surface area (TPSA) is 105 Å². The maximum Gasteiger partial charge on any atom is 0.337 e. The fourth-order valence-electron chi connectivity index (χ4n) is 1.73. The predicted octanol–water partition coefficient (Wildman–Crippen LogP) is 0.514. The van der Waals surface area contributed by atoms with E-state index in [-0.39, 0.29) is 16.6 Å². The lowest BCUT2D eigenvalue weighted by atomic mass is 10.1. The SMILES string of the molecule is COCCc1nc2nc(C)c(C(=O)O)cc2c(=O)[nH]1. The summed E-state index contributed by atoms with van der Waals surface area (Å²) in [5.41, 5.74) is 0.184. The van der Waals surface area contributed by atoms with E-state index in [2.05, 4.69) is 15.0 Å². The van der Waals surface area contributed by atoms with Crippen molar-refractivity contribution in [2.24, 2.45) is 0 Å². The van der Waals surface area contributed by atoms with Gasteiger partial charge in [-0.25, -0.2) is 14.8 Å². The number of carboxylic acid groups (broad SMARTS) is 1. The van der Waals surface area contributed by atoms with Gasteiger partial charge in [-0.2, -0.15) is 0 Å². The third-order valence-corrected chi connectivity index (χ3v) is 2.71. The van der Waals surface area contributed by atoms with Crippen LogP contribution in [0, 0.1) is 6.92 Å². The van der Waals surface area contributed by atoms with E-state index in [9.17, 15) is 9.59 Å². The smallest absolute Gasteiger partial charge is 0.337 e. The molecule has 0 amide bonds. The minimum atomic E-state index is -1.12. The first-order valence-corrected chi connectivity index (χ1v) is 5.65. The van der Waals surface area contributed by atoms with Gasteiger partial charge in [-0.1, -0.05) is 0 Å². The number of hydrogen-bond acceptors (Lipinski definition) is 5. The molecule has 2 heterocycles. The van der Waals surface area contributed by atoms with Crippen LogP contribution >= 0.6 is 0 Å². The van der Waals surface area contributed by atoms with Gasteiger partial charge in [-0.05, 0) is 13.0 Å². The number of aryl methyl sites for hydroxylation is 1. The molecule has 0 aliphatic heterocycles. The quantitative estimate of drug-likeness (QED) is 0.832. The van der Waals surface area contributed by atoms with E-state index in [1.165, 1.54) is 6.07 Å². The van der Waals surface area contributed by atoms with Gasteiger partial charge < -0.3 is 14.8 Å². The number of carbonyl (C=O) groups is 1. The van der Waals surface area contributed by atoms with Crippen LogP contribution in [-0.4, -0.2) is 39.7 Å². The van der Waals surface area contributed by atoms with Crippen molar-refractivity contribution >= 4 is 17.0 Å². The lowest BCUT2D eigenvalue weighted by Crippen LogP contribution is -2.15. The lowest BCUT2D eigenvalue weighted by Gasteiger charge is -2.05. The van der Waals surface area contributed by atoms with Gasteiger partial charge in [0, 0.05) is 13.5 Å². The van der Waals surface area contributed by atoms with Crippen molar-refractivity contribution in [3.8, 4) is 0 Å². The molecular formula is C12H13N3O4. The Morgan fingerprint density at radius 3 is 2.84 bits per heavy atom. The molecule has 0 atom stereocenters. The Balaban J connectivity index is 2.60. The Kier molecular flexibility index (Phi) is 3.57. The van der Waals surface area contributed by atoms with Gasteiger partial charge in [0.25, 0.3) is 5.56 Å². The van der Waals surface area contributed by atoms with Crippen LogP contribution in [0.25, 0.3) is 11.0 Å². The third kappa shape index (κ3) is 2.60. The molecule has 19 heavy (non-hydrogen) atoms. The van der Waals surface area contributed by atoms with Crippen LogP contribution in [-0.2, 0) is 11.2 Å². The number of ether oxygens (including phenoxy) is 1. The van der Waals surface area contributed by atoms with Crippen molar-refractivity contribution in [2.75, 3.05) is 13.7 Å². The minimum Gasteiger partial charge on any atom is -0.478 e. The number of carboxylic acids is 1. The number of fused-ring (bicyclic) bond motifs is 1. The van der Waals surface area contributed by atoms with Crippen LogP contribution in [0.15, 0.2) is 10.9 Å². The van der Waals surface area contributed by atoms with Crippen LogP contribution in [0.5, 0.6) is 0 Å². The van der Waals surface area contributed by atoms with Crippen molar-refractivity contribution in [1.29, 1.82) is 0 Å². The maximum atomic E-state index is 11.9. The van der Waals surface area contributed by atoms with Crippen molar-refractivity contribution in [3.63, 3.8) is 0 Å². The van der Waals surface area contributed by atoms with Gasteiger partial charge in [-0.3, -0.25) is 4.79 Å². The first-order valence-electron chi connectivity index (χ1n) is 5.65. The number of methoxy groups -OCH3 is 1. The number of rotatable bonds is 4. The fourth-order valence-corrected chi connectivity index (χ4v) is 1.73. The highest BCUT2D eigenvalue weighted by atomic mass is 16.5. The first-order chi connectivity index (χ1) is 9.02. The Morgan fingerprint density at radius 2 is 2.21 bits per heavy atom. The van der Waals surface area contributed by atoms with E-state index in [0.29, 0.717) is 24.5 Å². The van der Waals surface area contributed by atoms with Crippen LogP contribution in [0.1, 0.15) is 21.9 Å². The summed E-state index contributed by atoms with van der Waals surface area (Å²) in [5, 5.41) is 9.17. The standard InChI is InChI=1S/C12H13N3O4/c1-6-7(12(17)18)5-8-10(13-6)14-9(3-4-19-2)15-11(8)16/h5H,3-4H2,1-2H3,(H,17,18)(H,13,14,15,16). The second-order valence-electron chi connectivity index (χ2n) is 4.05. The van der Waals surface area contributed by atoms with Gasteiger partial charge in [-0.15, -0.1) is 0 Å². The number of nitrogens with one attached hydrogen (secondary N) is 1. The molecule has 0 unspecified atom stereocenters. The Labute approximate surface area is 108 Å². The summed E-state index contributed by atoms with van der Waals surface area (Å²) in [6, 6.07) is 1.30. The maximum absolute atomic E-state index is 11.9. The summed E-state index contributed by atoms with van der Waals surface area (Å²) >= 11 is 0. The van der Waals surface area contributed by atoms with E-state index in [0.717, 1.165) is 0 Å². The number of aromatic nitrogens is 3. The fraction of sp³-hybridized carbons (Fsp3) is 0.333. The molecule has 0 bridgehead atoms. The Bertz CT molecular complexity index is 693. The molecule has 2 N–H and O–H groups in total. The molecule has 0 saturated heterocycles. The molecule has 0 aliphatic carbocycles. The predicted molar refractivity (Wildman–Crippen MR) is 67.4 cm³/mol. The van der Waals surface area contributed by atoms with Crippen molar-refractivity contribution < 1.29 is 14.6 Å². The molecule has 7 nitrogen and oxygen atoms in total. The van der Waals surface area contributed by atoms with Crippen LogP contribution in [0.2, 0.25) is 0 Å². The minimum absolute atomic E-state index is 0.00411. The highest BCUT2D eigenvalue weighted by Crippen LogP contribution is 2.12. The molecular weight excluding hydrogens is 250 g/mol. The molecule has 2 aromatic rings. The van der Waals surface area contributed by atoms with E-state index in [1.54, 1.807) is 14.0 Å². The van der Waals surface area contributed by atoms with E-state index < -0.39 is 11.5 Å². The third-order valence-electron chi connectivity index (χ3n) is 2.71. The summed E-state index contributed by atoms with van der Waals surface area (Å²) in [7, 11) is 1.56. The first kappa shape index (κ1) is 13.2. The summed E-state index contributed by atoms with van der Waals surface area (Å²) in [6.07, 6.45) is 0.461. The van der Waals surface area contributed by atoms with E-state index in [1.807, 2.05) is 0 Å². The average molecular weight is 263 g/mol. The number of aromatic amines is 1. The van der Waals surface area contributed by atoms with Gasteiger partial charge in [0.05, 0.1) is 23.3 Å². The monoisotopic (exact) mass is 263 g/mol. The van der Waals surface area contributed by atoms with Gasteiger partial charge in [0.2, 0.25) is 0 Å². The van der Waals surface area contributed by atoms with Gasteiger partial charge >= 0.3 is 5.97 Å². The zero-order chi connectivity index (χ0) is 14.0. The second kappa shape index (κ2) is 5.15. The zero-order valence-corrected chi connectivity index (χ0v) is 10.6. The highest BCUT2D eigenvalue weighted by molar-refractivity contribution is 5.92. The average Bonchev–Trinajstić information content (AvgIpc) is 2.35. The van der Waals surface area contributed by atoms with Crippen LogP contribution in [0.4, 0.5) is 0 Å². The highest BCUT2D eigenvalue weighted by Gasteiger charge is 2.13.